The summed E-state index contributed by atoms with van der Waals surface area (Å²) in [6, 6.07) is 10.5. The highest BCUT2D eigenvalue weighted by Gasteiger charge is 2.20. The Balaban J connectivity index is 1.77. The van der Waals surface area contributed by atoms with Crippen molar-refractivity contribution in [2.24, 2.45) is 4.99 Å². The molecule has 1 aliphatic rings. The fourth-order valence-electron chi connectivity index (χ4n) is 2.91. The second-order valence-electron chi connectivity index (χ2n) is 7.45. The predicted molar refractivity (Wildman–Crippen MR) is 103 cm³/mol. The highest BCUT2D eigenvalue weighted by Crippen LogP contribution is 2.08. The molecule has 138 valence electrons. The minimum absolute atomic E-state index is 0.0173. The Hall–Kier alpha value is -2.08. The summed E-state index contributed by atoms with van der Waals surface area (Å²) in [5.41, 5.74) is 1.13. The molecular weight excluding hydrogens is 314 g/mol. The second kappa shape index (κ2) is 8.85. The van der Waals surface area contributed by atoms with Crippen molar-refractivity contribution in [2.45, 2.75) is 32.9 Å². The van der Waals surface area contributed by atoms with Crippen LogP contribution in [0, 0.1) is 0 Å². The third kappa shape index (κ3) is 6.74. The fourth-order valence-corrected chi connectivity index (χ4v) is 2.91. The topological polar surface area (TPSA) is 60.0 Å². The minimum Gasteiger partial charge on any atom is -0.350 e. The average molecular weight is 345 g/mol. The first-order valence-corrected chi connectivity index (χ1v) is 8.90. The van der Waals surface area contributed by atoms with Gasteiger partial charge in [0.1, 0.15) is 0 Å². The van der Waals surface area contributed by atoms with Gasteiger partial charge >= 0.3 is 0 Å². The molecule has 1 aromatic carbocycles. The number of hydrogen-bond acceptors (Lipinski definition) is 3. The van der Waals surface area contributed by atoms with E-state index in [1.807, 2.05) is 26.8 Å². The highest BCUT2D eigenvalue weighted by molar-refractivity contribution is 5.86. The van der Waals surface area contributed by atoms with Gasteiger partial charge in [-0.2, -0.15) is 0 Å². The molecule has 2 rings (SSSR count). The van der Waals surface area contributed by atoms with Gasteiger partial charge in [-0.15, -0.1) is 0 Å². The van der Waals surface area contributed by atoms with E-state index in [9.17, 15) is 4.79 Å². The first-order chi connectivity index (χ1) is 11.9. The number of piperazine rings is 1. The highest BCUT2D eigenvalue weighted by atomic mass is 16.2. The van der Waals surface area contributed by atoms with E-state index in [-0.39, 0.29) is 18.0 Å². The monoisotopic (exact) mass is 345 g/mol. The number of nitrogens with zero attached hydrogens (tertiary/aromatic N) is 3. The molecule has 0 radical (unpaired) electrons. The van der Waals surface area contributed by atoms with Crippen molar-refractivity contribution in [2.75, 3.05) is 39.8 Å². The second-order valence-corrected chi connectivity index (χ2v) is 7.45. The Morgan fingerprint density at radius 2 is 1.76 bits per heavy atom. The number of benzene rings is 1. The van der Waals surface area contributed by atoms with Crippen LogP contribution in [0.4, 0.5) is 0 Å². The van der Waals surface area contributed by atoms with Crippen LogP contribution in [0.3, 0.4) is 0 Å². The molecule has 0 spiro atoms. The van der Waals surface area contributed by atoms with E-state index in [4.69, 9.17) is 0 Å². The zero-order valence-corrected chi connectivity index (χ0v) is 15.9. The van der Waals surface area contributed by atoms with Crippen molar-refractivity contribution >= 4 is 11.9 Å². The Labute approximate surface area is 151 Å². The molecule has 1 heterocycles. The molecule has 1 aliphatic heterocycles. The summed E-state index contributed by atoms with van der Waals surface area (Å²) >= 11 is 0. The summed E-state index contributed by atoms with van der Waals surface area (Å²) in [7, 11) is 1.76. The van der Waals surface area contributed by atoms with Crippen LogP contribution >= 0.6 is 0 Å². The molecule has 6 nitrogen and oxygen atoms in total. The van der Waals surface area contributed by atoms with Gasteiger partial charge in [0.15, 0.2) is 5.96 Å². The molecule has 0 atom stereocenters. The van der Waals surface area contributed by atoms with Gasteiger partial charge in [-0.05, 0) is 26.3 Å². The number of carbonyl (C=O) groups excluding carboxylic acids is 1. The van der Waals surface area contributed by atoms with E-state index in [1.165, 1.54) is 5.56 Å². The summed E-state index contributed by atoms with van der Waals surface area (Å²) in [6.07, 6.45) is 0. The van der Waals surface area contributed by atoms with Crippen LogP contribution in [0.1, 0.15) is 26.3 Å². The van der Waals surface area contributed by atoms with Crippen LogP contribution in [-0.4, -0.2) is 67.0 Å². The Kier molecular flexibility index (Phi) is 6.82. The molecule has 1 amide bonds. The zero-order valence-electron chi connectivity index (χ0n) is 15.9. The van der Waals surface area contributed by atoms with Crippen LogP contribution in [0.15, 0.2) is 35.3 Å². The van der Waals surface area contributed by atoms with Crippen LogP contribution in [0.2, 0.25) is 0 Å². The lowest BCUT2D eigenvalue weighted by Crippen LogP contribution is -2.54. The predicted octanol–water partition coefficient (Wildman–Crippen LogP) is 1.29. The largest absolute Gasteiger partial charge is 0.350 e. The maximum absolute atomic E-state index is 12.0. The molecule has 1 aromatic rings. The van der Waals surface area contributed by atoms with Crippen molar-refractivity contribution in [1.29, 1.82) is 0 Å². The third-order valence-corrected chi connectivity index (χ3v) is 4.05. The van der Waals surface area contributed by atoms with Gasteiger partial charge in [-0.1, -0.05) is 30.3 Å². The summed E-state index contributed by atoms with van der Waals surface area (Å²) in [4.78, 5) is 20.9. The quantitative estimate of drug-likeness (QED) is 0.638. The van der Waals surface area contributed by atoms with Crippen LogP contribution in [-0.2, 0) is 11.3 Å². The standard InChI is InChI=1S/C19H31N5O/c1-19(2,3)22-17(25)14-21-18(20-4)24-12-10-23(11-13-24)15-16-8-6-5-7-9-16/h5-9H,10-15H2,1-4H3,(H,20,21)(H,22,25). The first kappa shape index (κ1) is 19.2. The smallest absolute Gasteiger partial charge is 0.239 e. The molecule has 1 fully saturated rings. The van der Waals surface area contributed by atoms with E-state index in [0.717, 1.165) is 38.7 Å². The van der Waals surface area contributed by atoms with Crippen molar-refractivity contribution < 1.29 is 4.79 Å². The zero-order chi connectivity index (χ0) is 18.3. The van der Waals surface area contributed by atoms with Gasteiger partial charge in [0.05, 0.1) is 6.54 Å². The Bertz CT molecular complexity index is 571. The van der Waals surface area contributed by atoms with E-state index < -0.39 is 0 Å². The molecular formula is C19H31N5O. The minimum atomic E-state index is -0.217. The summed E-state index contributed by atoms with van der Waals surface area (Å²) in [5.74, 6) is 0.778. The number of hydrogen-bond donors (Lipinski definition) is 2. The lowest BCUT2D eigenvalue weighted by atomic mass is 10.1. The van der Waals surface area contributed by atoms with Gasteiger partial charge in [0.2, 0.25) is 5.91 Å². The number of aliphatic imine (C=N–C) groups is 1. The number of carbonyl (C=O) groups is 1. The average Bonchev–Trinajstić information content (AvgIpc) is 2.56. The van der Waals surface area contributed by atoms with E-state index >= 15 is 0 Å². The van der Waals surface area contributed by atoms with Gasteiger partial charge in [-0.25, -0.2) is 0 Å². The maximum Gasteiger partial charge on any atom is 0.239 e. The molecule has 1 saturated heterocycles. The normalized spacial score (nSPS) is 16.6. The molecule has 25 heavy (non-hydrogen) atoms. The SMILES string of the molecule is CN=C(NCC(=O)NC(C)(C)C)N1CCN(Cc2ccccc2)CC1. The number of rotatable bonds is 4. The molecule has 0 saturated carbocycles. The molecule has 6 heteroatoms. The Morgan fingerprint density at radius 3 is 2.32 bits per heavy atom. The lowest BCUT2D eigenvalue weighted by Gasteiger charge is -2.36. The van der Waals surface area contributed by atoms with E-state index in [2.05, 4.69) is 49.7 Å². The summed E-state index contributed by atoms with van der Waals surface area (Å²) in [5, 5.41) is 6.12. The number of nitrogens with one attached hydrogen (secondary N) is 2. The molecule has 2 N–H and O–H groups in total. The molecule has 0 bridgehead atoms. The molecule has 0 unspecified atom stereocenters. The van der Waals surface area contributed by atoms with Crippen molar-refractivity contribution in [1.82, 2.24) is 20.4 Å². The maximum atomic E-state index is 12.0. The van der Waals surface area contributed by atoms with E-state index in [0.29, 0.717) is 0 Å². The molecule has 0 aliphatic carbocycles. The van der Waals surface area contributed by atoms with Crippen LogP contribution in [0.5, 0.6) is 0 Å². The summed E-state index contributed by atoms with van der Waals surface area (Å²) in [6.45, 7) is 11.0. The summed E-state index contributed by atoms with van der Waals surface area (Å²) < 4.78 is 0. The van der Waals surface area contributed by atoms with E-state index in [1.54, 1.807) is 7.05 Å². The fraction of sp³-hybridized carbons (Fsp3) is 0.579. The molecule has 0 aromatic heterocycles. The van der Waals surface area contributed by atoms with Gasteiger partial charge in [0.25, 0.3) is 0 Å². The van der Waals surface area contributed by atoms with Crippen molar-refractivity contribution in [3.8, 4) is 0 Å². The Morgan fingerprint density at radius 1 is 1.12 bits per heavy atom. The number of guanidine groups is 1. The number of amides is 1. The van der Waals surface area contributed by atoms with Crippen molar-refractivity contribution in [3.05, 3.63) is 35.9 Å². The van der Waals surface area contributed by atoms with Gasteiger partial charge in [0, 0.05) is 45.3 Å². The lowest BCUT2D eigenvalue weighted by molar-refractivity contribution is -0.121. The third-order valence-electron chi connectivity index (χ3n) is 4.05. The van der Waals surface area contributed by atoms with Gasteiger partial charge < -0.3 is 15.5 Å². The van der Waals surface area contributed by atoms with Crippen molar-refractivity contribution in [3.63, 3.8) is 0 Å². The van der Waals surface area contributed by atoms with Crippen LogP contribution in [0.25, 0.3) is 0 Å². The first-order valence-electron chi connectivity index (χ1n) is 8.90. The van der Waals surface area contributed by atoms with Gasteiger partial charge in [-0.3, -0.25) is 14.7 Å². The van der Waals surface area contributed by atoms with Crippen LogP contribution < -0.4 is 10.6 Å².